The van der Waals surface area contributed by atoms with Gasteiger partial charge in [-0.2, -0.15) is 0 Å². The second-order valence-corrected chi connectivity index (χ2v) is 3.68. The van der Waals surface area contributed by atoms with Gasteiger partial charge in [0.1, 0.15) is 5.75 Å². The van der Waals surface area contributed by atoms with Gasteiger partial charge in [-0.05, 0) is 23.8 Å². The van der Waals surface area contributed by atoms with Gasteiger partial charge in [0, 0.05) is 18.9 Å². The van der Waals surface area contributed by atoms with Gasteiger partial charge in [-0.15, -0.1) is 0 Å². The fourth-order valence-electron chi connectivity index (χ4n) is 1.59. The molecule has 0 spiro atoms. The fourth-order valence-corrected chi connectivity index (χ4v) is 1.59. The van der Waals surface area contributed by atoms with Crippen molar-refractivity contribution in [2.45, 2.75) is 6.54 Å². The smallest absolute Gasteiger partial charge is 0.141 e. The number of benzene rings is 1. The minimum Gasteiger partial charge on any atom is -0.495 e. The third kappa shape index (κ3) is 2.87. The Bertz CT molecular complexity index is 500. The summed E-state index contributed by atoms with van der Waals surface area (Å²) in [5.74, 6) is 0.823. The first-order chi connectivity index (χ1) is 8.29. The third-order valence-corrected chi connectivity index (χ3v) is 2.41. The molecule has 17 heavy (non-hydrogen) atoms. The van der Waals surface area contributed by atoms with Crippen molar-refractivity contribution < 1.29 is 4.74 Å². The maximum Gasteiger partial charge on any atom is 0.141 e. The zero-order valence-corrected chi connectivity index (χ0v) is 9.68. The molecule has 4 nitrogen and oxygen atoms in total. The first kappa shape index (κ1) is 11.3. The molecule has 2 aromatic rings. The zero-order chi connectivity index (χ0) is 12.1. The summed E-state index contributed by atoms with van der Waals surface area (Å²) in [5.41, 5.74) is 8.33. The van der Waals surface area contributed by atoms with Crippen LogP contribution in [0.25, 0.3) is 0 Å². The van der Waals surface area contributed by atoms with Crippen molar-refractivity contribution in [3.05, 3.63) is 48.3 Å². The van der Waals surface area contributed by atoms with Crippen LogP contribution >= 0.6 is 0 Å². The number of anilines is 2. The van der Waals surface area contributed by atoms with Crippen LogP contribution in [0.2, 0.25) is 0 Å². The number of ether oxygens (including phenoxy) is 1. The van der Waals surface area contributed by atoms with Gasteiger partial charge < -0.3 is 15.8 Å². The molecule has 0 atom stereocenters. The van der Waals surface area contributed by atoms with Crippen molar-refractivity contribution in [3.8, 4) is 5.75 Å². The molecule has 0 saturated heterocycles. The van der Waals surface area contributed by atoms with Crippen LogP contribution < -0.4 is 15.8 Å². The van der Waals surface area contributed by atoms with Crippen molar-refractivity contribution in [2.75, 3.05) is 18.2 Å². The average molecular weight is 229 g/mol. The largest absolute Gasteiger partial charge is 0.495 e. The van der Waals surface area contributed by atoms with Gasteiger partial charge in [-0.3, -0.25) is 4.98 Å². The summed E-state index contributed by atoms with van der Waals surface area (Å²) in [4.78, 5) is 4.04. The van der Waals surface area contributed by atoms with Crippen molar-refractivity contribution >= 4 is 11.4 Å². The summed E-state index contributed by atoms with van der Waals surface area (Å²) >= 11 is 0. The summed E-state index contributed by atoms with van der Waals surface area (Å²) in [6, 6.07) is 9.68. The summed E-state index contributed by atoms with van der Waals surface area (Å²) in [5, 5.41) is 3.29. The second-order valence-electron chi connectivity index (χ2n) is 3.68. The Morgan fingerprint density at radius 3 is 2.88 bits per heavy atom. The number of pyridine rings is 1. The Kier molecular flexibility index (Phi) is 3.45. The van der Waals surface area contributed by atoms with Gasteiger partial charge in [-0.1, -0.05) is 12.1 Å². The molecule has 4 heteroatoms. The Hall–Kier alpha value is -2.23. The van der Waals surface area contributed by atoms with E-state index in [1.54, 1.807) is 19.5 Å². The molecule has 0 bridgehead atoms. The van der Waals surface area contributed by atoms with E-state index in [4.69, 9.17) is 10.5 Å². The van der Waals surface area contributed by atoms with Crippen LogP contribution in [0.3, 0.4) is 0 Å². The van der Waals surface area contributed by atoms with Gasteiger partial charge in [0.15, 0.2) is 0 Å². The monoisotopic (exact) mass is 229 g/mol. The van der Waals surface area contributed by atoms with E-state index in [1.165, 1.54) is 0 Å². The van der Waals surface area contributed by atoms with E-state index in [0.29, 0.717) is 12.2 Å². The molecule has 1 aromatic carbocycles. The van der Waals surface area contributed by atoms with Crippen molar-refractivity contribution in [3.63, 3.8) is 0 Å². The van der Waals surface area contributed by atoms with Gasteiger partial charge in [0.25, 0.3) is 0 Å². The Labute approximate surface area is 100 Å². The predicted molar refractivity (Wildman–Crippen MR) is 69.0 cm³/mol. The molecular formula is C13H15N3O. The van der Waals surface area contributed by atoms with Gasteiger partial charge >= 0.3 is 0 Å². The van der Waals surface area contributed by atoms with Crippen molar-refractivity contribution in [1.29, 1.82) is 0 Å². The van der Waals surface area contributed by atoms with Crippen LogP contribution in [0, 0.1) is 0 Å². The highest BCUT2D eigenvalue weighted by atomic mass is 16.5. The quantitative estimate of drug-likeness (QED) is 0.844. The van der Waals surface area contributed by atoms with Gasteiger partial charge in [0.05, 0.1) is 18.5 Å². The number of hydrogen-bond donors (Lipinski definition) is 2. The van der Waals surface area contributed by atoms with Crippen LogP contribution in [-0.2, 0) is 6.54 Å². The molecule has 0 aliphatic carbocycles. The maximum atomic E-state index is 5.67. The number of nitrogens with one attached hydrogen (secondary N) is 1. The van der Waals surface area contributed by atoms with Gasteiger partial charge in [-0.25, -0.2) is 0 Å². The minimum atomic E-state index is 0.665. The number of nitrogens with zero attached hydrogens (tertiary/aromatic N) is 1. The standard InChI is InChI=1S/C13H15N3O/c1-17-13-5-3-2-4-12(13)16-8-10-6-11(14)9-15-7-10/h2-7,9,16H,8,14H2,1H3. The lowest BCUT2D eigenvalue weighted by atomic mass is 10.2. The molecule has 1 heterocycles. The van der Waals surface area contributed by atoms with Gasteiger partial charge in [0.2, 0.25) is 0 Å². The molecule has 88 valence electrons. The Balaban J connectivity index is 2.07. The molecule has 0 saturated carbocycles. The van der Waals surface area contributed by atoms with Crippen LogP contribution in [-0.4, -0.2) is 12.1 Å². The summed E-state index contributed by atoms with van der Waals surface area (Å²) in [6.45, 7) is 0.665. The fraction of sp³-hybridized carbons (Fsp3) is 0.154. The van der Waals surface area contributed by atoms with Crippen molar-refractivity contribution in [1.82, 2.24) is 4.98 Å². The number of methoxy groups -OCH3 is 1. The first-order valence-corrected chi connectivity index (χ1v) is 5.36. The molecular weight excluding hydrogens is 214 g/mol. The average Bonchev–Trinajstić information content (AvgIpc) is 2.37. The number of aromatic nitrogens is 1. The number of rotatable bonds is 4. The summed E-state index contributed by atoms with van der Waals surface area (Å²) in [7, 11) is 1.66. The molecule has 1 aromatic heterocycles. The molecule has 0 unspecified atom stereocenters. The zero-order valence-electron chi connectivity index (χ0n) is 9.68. The lowest BCUT2D eigenvalue weighted by Crippen LogP contribution is -2.02. The van der Waals surface area contributed by atoms with E-state index in [-0.39, 0.29) is 0 Å². The first-order valence-electron chi connectivity index (χ1n) is 5.36. The van der Waals surface area contributed by atoms with E-state index in [0.717, 1.165) is 17.0 Å². The number of hydrogen-bond acceptors (Lipinski definition) is 4. The minimum absolute atomic E-state index is 0.665. The number of nitrogens with two attached hydrogens (primary N) is 1. The SMILES string of the molecule is COc1ccccc1NCc1cncc(N)c1. The van der Waals surface area contributed by atoms with E-state index >= 15 is 0 Å². The number of para-hydroxylation sites is 2. The highest BCUT2D eigenvalue weighted by Gasteiger charge is 2.01. The van der Waals surface area contributed by atoms with E-state index in [9.17, 15) is 0 Å². The lowest BCUT2D eigenvalue weighted by Gasteiger charge is -2.10. The Morgan fingerprint density at radius 2 is 2.12 bits per heavy atom. The van der Waals surface area contributed by atoms with Crippen LogP contribution in [0.4, 0.5) is 11.4 Å². The van der Waals surface area contributed by atoms with Crippen LogP contribution in [0.5, 0.6) is 5.75 Å². The molecule has 0 radical (unpaired) electrons. The lowest BCUT2D eigenvalue weighted by molar-refractivity contribution is 0.416. The second kappa shape index (κ2) is 5.21. The predicted octanol–water partition coefficient (Wildman–Crippen LogP) is 2.28. The highest BCUT2D eigenvalue weighted by molar-refractivity contribution is 5.56. The Morgan fingerprint density at radius 1 is 1.29 bits per heavy atom. The molecule has 0 aliphatic heterocycles. The third-order valence-electron chi connectivity index (χ3n) is 2.41. The molecule has 0 aliphatic rings. The molecule has 0 amide bonds. The van der Waals surface area contributed by atoms with Crippen LogP contribution in [0.1, 0.15) is 5.56 Å². The van der Waals surface area contributed by atoms with Crippen LogP contribution in [0.15, 0.2) is 42.7 Å². The van der Waals surface area contributed by atoms with E-state index in [1.807, 2.05) is 30.3 Å². The van der Waals surface area contributed by atoms with Crippen molar-refractivity contribution in [2.24, 2.45) is 0 Å². The normalized spacial score (nSPS) is 9.94. The van der Waals surface area contributed by atoms with E-state index < -0.39 is 0 Å². The summed E-state index contributed by atoms with van der Waals surface area (Å²) in [6.07, 6.45) is 3.42. The number of nitrogen functional groups attached to an aromatic ring is 1. The topological polar surface area (TPSA) is 60.2 Å². The summed E-state index contributed by atoms with van der Waals surface area (Å²) < 4.78 is 5.25. The molecule has 3 N–H and O–H groups in total. The van der Waals surface area contributed by atoms with E-state index in [2.05, 4.69) is 10.3 Å². The maximum absolute atomic E-state index is 5.67. The molecule has 0 fully saturated rings. The highest BCUT2D eigenvalue weighted by Crippen LogP contribution is 2.23. The molecule has 2 rings (SSSR count).